The molecule has 0 aliphatic carbocycles. The van der Waals surface area contributed by atoms with E-state index in [1.54, 1.807) is 0 Å². The summed E-state index contributed by atoms with van der Waals surface area (Å²) in [5, 5.41) is 2.44. The monoisotopic (exact) mass is 333 g/mol. The van der Waals surface area contributed by atoms with Crippen LogP contribution in [0.4, 0.5) is 5.82 Å². The van der Waals surface area contributed by atoms with E-state index in [1.807, 2.05) is 6.20 Å². The zero-order valence-electron chi connectivity index (χ0n) is 11.7. The van der Waals surface area contributed by atoms with E-state index in [2.05, 4.69) is 57.0 Å². The van der Waals surface area contributed by atoms with E-state index in [0.29, 0.717) is 11.8 Å². The summed E-state index contributed by atoms with van der Waals surface area (Å²) in [5.74, 6) is 2.36. The minimum atomic E-state index is 0.563. The molecule has 2 aromatic rings. The maximum absolute atomic E-state index is 5.92. The second-order valence-electron chi connectivity index (χ2n) is 5.68. The van der Waals surface area contributed by atoms with Gasteiger partial charge in [-0.05, 0) is 36.9 Å². The topological polar surface area (TPSA) is 42.2 Å². The first-order chi connectivity index (χ1) is 9.70. The van der Waals surface area contributed by atoms with Gasteiger partial charge in [0.2, 0.25) is 0 Å². The van der Waals surface area contributed by atoms with Crippen LogP contribution in [0.1, 0.15) is 13.3 Å². The molecule has 106 valence electrons. The first-order valence-corrected chi connectivity index (χ1v) is 7.98. The Hall–Kier alpha value is -1.13. The standard InChI is InChI=1S/C16H20BrN3/c1-11-6-8-20(10-12(11)9-18)16-14-3-2-4-15(17)13(14)5-7-19-16/h2-5,7,11-12H,6,8-10,18H2,1H3. The number of hydrogen-bond donors (Lipinski definition) is 1. The quantitative estimate of drug-likeness (QED) is 0.915. The summed E-state index contributed by atoms with van der Waals surface area (Å²) in [7, 11) is 0. The number of anilines is 1. The van der Waals surface area contributed by atoms with Crippen LogP contribution >= 0.6 is 15.9 Å². The number of nitrogens with two attached hydrogens (primary N) is 1. The van der Waals surface area contributed by atoms with Crippen molar-refractivity contribution in [1.29, 1.82) is 0 Å². The fourth-order valence-electron chi connectivity index (χ4n) is 3.05. The molecule has 1 aromatic carbocycles. The zero-order valence-corrected chi connectivity index (χ0v) is 13.3. The Morgan fingerprint density at radius 1 is 1.35 bits per heavy atom. The number of hydrogen-bond acceptors (Lipinski definition) is 3. The highest BCUT2D eigenvalue weighted by Gasteiger charge is 2.26. The van der Waals surface area contributed by atoms with Crippen LogP contribution < -0.4 is 10.6 Å². The van der Waals surface area contributed by atoms with Gasteiger partial charge in [-0.1, -0.05) is 35.0 Å². The van der Waals surface area contributed by atoms with Crippen molar-refractivity contribution in [2.75, 3.05) is 24.5 Å². The number of pyridine rings is 1. The van der Waals surface area contributed by atoms with Crippen LogP contribution in [0.15, 0.2) is 34.9 Å². The number of aromatic nitrogens is 1. The normalized spacial score (nSPS) is 23.2. The van der Waals surface area contributed by atoms with Gasteiger partial charge in [-0.2, -0.15) is 0 Å². The van der Waals surface area contributed by atoms with E-state index in [0.717, 1.165) is 29.9 Å². The average Bonchev–Trinajstić information content (AvgIpc) is 2.48. The first kappa shape index (κ1) is 13.8. The van der Waals surface area contributed by atoms with Crippen LogP contribution in [0.2, 0.25) is 0 Å². The van der Waals surface area contributed by atoms with Crippen molar-refractivity contribution in [1.82, 2.24) is 4.98 Å². The number of halogens is 1. The molecule has 2 unspecified atom stereocenters. The highest BCUT2D eigenvalue weighted by atomic mass is 79.9. The third-order valence-electron chi connectivity index (χ3n) is 4.45. The maximum Gasteiger partial charge on any atom is 0.136 e. The van der Waals surface area contributed by atoms with E-state index < -0.39 is 0 Å². The molecule has 1 aromatic heterocycles. The Balaban J connectivity index is 2.00. The molecule has 2 heterocycles. The Labute approximate surface area is 128 Å². The van der Waals surface area contributed by atoms with Gasteiger partial charge in [0.05, 0.1) is 0 Å². The fourth-order valence-corrected chi connectivity index (χ4v) is 3.55. The SMILES string of the molecule is CC1CCN(c2nccc3c(Br)cccc23)CC1CN. The van der Waals surface area contributed by atoms with Crippen LogP contribution in [0.3, 0.4) is 0 Å². The van der Waals surface area contributed by atoms with Gasteiger partial charge in [-0.15, -0.1) is 0 Å². The first-order valence-electron chi connectivity index (χ1n) is 7.19. The third kappa shape index (κ3) is 2.42. The third-order valence-corrected chi connectivity index (χ3v) is 5.14. The van der Waals surface area contributed by atoms with Gasteiger partial charge in [-0.3, -0.25) is 0 Å². The largest absolute Gasteiger partial charge is 0.356 e. The molecule has 1 saturated heterocycles. The lowest BCUT2D eigenvalue weighted by molar-refractivity contribution is 0.307. The van der Waals surface area contributed by atoms with Gasteiger partial charge in [0.1, 0.15) is 5.82 Å². The molecule has 4 heteroatoms. The summed E-state index contributed by atoms with van der Waals surface area (Å²) in [6.07, 6.45) is 3.09. The highest BCUT2D eigenvalue weighted by Crippen LogP contribution is 2.32. The molecule has 0 amide bonds. The lowest BCUT2D eigenvalue weighted by Crippen LogP contribution is -2.43. The summed E-state index contributed by atoms with van der Waals surface area (Å²) in [6.45, 7) is 5.14. The van der Waals surface area contributed by atoms with E-state index in [1.165, 1.54) is 17.2 Å². The lowest BCUT2D eigenvalue weighted by Gasteiger charge is -2.37. The number of piperidine rings is 1. The molecule has 20 heavy (non-hydrogen) atoms. The van der Waals surface area contributed by atoms with Crippen LogP contribution in [0, 0.1) is 11.8 Å². The van der Waals surface area contributed by atoms with Gasteiger partial charge in [0.15, 0.2) is 0 Å². The summed E-state index contributed by atoms with van der Waals surface area (Å²) >= 11 is 3.62. The van der Waals surface area contributed by atoms with Crippen molar-refractivity contribution in [3.8, 4) is 0 Å². The summed E-state index contributed by atoms with van der Waals surface area (Å²) in [5.41, 5.74) is 5.92. The molecule has 0 spiro atoms. The molecule has 0 saturated carbocycles. The fraction of sp³-hybridized carbons (Fsp3) is 0.438. The van der Waals surface area contributed by atoms with Crippen molar-refractivity contribution in [2.24, 2.45) is 17.6 Å². The number of nitrogens with zero attached hydrogens (tertiary/aromatic N) is 2. The highest BCUT2D eigenvalue weighted by molar-refractivity contribution is 9.10. The molecule has 0 bridgehead atoms. The van der Waals surface area contributed by atoms with Crippen molar-refractivity contribution in [3.05, 3.63) is 34.9 Å². The smallest absolute Gasteiger partial charge is 0.136 e. The van der Waals surface area contributed by atoms with Crippen LogP contribution in [-0.2, 0) is 0 Å². The lowest BCUT2D eigenvalue weighted by atomic mass is 9.87. The molecule has 0 radical (unpaired) electrons. The predicted octanol–water partition coefficient (Wildman–Crippen LogP) is 3.42. The molecule has 1 aliphatic rings. The van der Waals surface area contributed by atoms with Gasteiger partial charge in [0, 0.05) is 34.5 Å². The van der Waals surface area contributed by atoms with Crippen molar-refractivity contribution < 1.29 is 0 Å². The molecular formula is C16H20BrN3. The zero-order chi connectivity index (χ0) is 14.1. The van der Waals surface area contributed by atoms with Gasteiger partial charge >= 0.3 is 0 Å². The summed E-state index contributed by atoms with van der Waals surface area (Å²) < 4.78 is 1.12. The molecule has 3 rings (SSSR count). The van der Waals surface area contributed by atoms with Crippen LogP contribution in [0.5, 0.6) is 0 Å². The molecule has 2 atom stereocenters. The van der Waals surface area contributed by atoms with E-state index >= 15 is 0 Å². The second kappa shape index (κ2) is 5.70. The molecular weight excluding hydrogens is 314 g/mol. The number of fused-ring (bicyclic) bond motifs is 1. The van der Waals surface area contributed by atoms with E-state index in [9.17, 15) is 0 Å². The Morgan fingerprint density at radius 2 is 2.20 bits per heavy atom. The minimum absolute atomic E-state index is 0.563. The Bertz CT molecular complexity index is 614. The van der Waals surface area contributed by atoms with Crippen LogP contribution in [0.25, 0.3) is 10.8 Å². The molecule has 1 aliphatic heterocycles. The molecule has 2 N–H and O–H groups in total. The Morgan fingerprint density at radius 3 is 3.00 bits per heavy atom. The van der Waals surface area contributed by atoms with Gasteiger partial charge in [0.25, 0.3) is 0 Å². The second-order valence-corrected chi connectivity index (χ2v) is 6.53. The van der Waals surface area contributed by atoms with Gasteiger partial charge < -0.3 is 10.6 Å². The summed E-state index contributed by atoms with van der Waals surface area (Å²) in [6, 6.07) is 8.37. The predicted molar refractivity (Wildman–Crippen MR) is 88.0 cm³/mol. The number of rotatable bonds is 2. The minimum Gasteiger partial charge on any atom is -0.356 e. The van der Waals surface area contributed by atoms with Crippen molar-refractivity contribution in [2.45, 2.75) is 13.3 Å². The van der Waals surface area contributed by atoms with Crippen molar-refractivity contribution >= 4 is 32.5 Å². The summed E-state index contributed by atoms with van der Waals surface area (Å²) in [4.78, 5) is 7.02. The van der Waals surface area contributed by atoms with E-state index in [4.69, 9.17) is 5.73 Å². The van der Waals surface area contributed by atoms with Crippen LogP contribution in [-0.4, -0.2) is 24.6 Å². The van der Waals surface area contributed by atoms with E-state index in [-0.39, 0.29) is 0 Å². The van der Waals surface area contributed by atoms with Gasteiger partial charge in [-0.25, -0.2) is 4.98 Å². The molecule has 1 fully saturated rings. The maximum atomic E-state index is 5.92. The van der Waals surface area contributed by atoms with Crippen molar-refractivity contribution in [3.63, 3.8) is 0 Å². The Kier molecular flexibility index (Phi) is 3.94. The average molecular weight is 334 g/mol. The molecule has 3 nitrogen and oxygen atoms in total. The number of benzene rings is 1.